The van der Waals surface area contributed by atoms with Gasteiger partial charge in [0, 0.05) is 25.5 Å². The van der Waals surface area contributed by atoms with Crippen LogP contribution in [0.1, 0.15) is 70.5 Å². The van der Waals surface area contributed by atoms with E-state index in [9.17, 15) is 19.2 Å². The van der Waals surface area contributed by atoms with Gasteiger partial charge in [-0.1, -0.05) is 177 Å². The maximum atomic E-state index is 14.4. The summed E-state index contributed by atoms with van der Waals surface area (Å²) in [6.45, 7) is 4.26. The van der Waals surface area contributed by atoms with Crippen LogP contribution in [0.2, 0.25) is 0 Å². The number of aldehydes is 1. The highest BCUT2D eigenvalue weighted by atomic mass is 32.1. The minimum atomic E-state index is -1.24. The van der Waals surface area contributed by atoms with Gasteiger partial charge in [-0.15, -0.1) is 22.7 Å². The quantitative estimate of drug-likeness (QED) is 0.0729. The summed E-state index contributed by atoms with van der Waals surface area (Å²) >= 11 is 3.24. The summed E-state index contributed by atoms with van der Waals surface area (Å²) in [7, 11) is 0. The Morgan fingerprint density at radius 3 is 1.82 bits per heavy atom. The molecule has 8 aromatic rings. The molecule has 1 fully saturated rings. The molecule has 2 N–H and O–H groups in total. The van der Waals surface area contributed by atoms with E-state index in [0.717, 1.165) is 96.4 Å². The number of carbonyl (C=O) groups excluding carboxylic acids is 4. The zero-order chi connectivity index (χ0) is 49.0. The molecule has 1 aliphatic rings. The number of rotatable bonds is 20. The summed E-state index contributed by atoms with van der Waals surface area (Å²) in [5, 5.41) is 7.99. The summed E-state index contributed by atoms with van der Waals surface area (Å²) in [4.78, 5) is 70.1. The van der Waals surface area contributed by atoms with Gasteiger partial charge in [-0.25, -0.2) is 9.97 Å². The predicted molar refractivity (Wildman–Crippen MR) is 283 cm³/mol. The third-order valence-electron chi connectivity index (χ3n) is 12.9. The summed E-state index contributed by atoms with van der Waals surface area (Å²) in [5.41, 5.74) is 6.33. The van der Waals surface area contributed by atoms with E-state index in [4.69, 9.17) is 9.97 Å². The second-order valence-corrected chi connectivity index (χ2v) is 20.2. The topological polar surface area (TPSA) is 125 Å². The third kappa shape index (κ3) is 12.0. The molecule has 9 rings (SSSR count). The highest BCUT2D eigenvalue weighted by Gasteiger charge is 2.38. The lowest BCUT2D eigenvalue weighted by Gasteiger charge is -2.35. The van der Waals surface area contributed by atoms with Gasteiger partial charge in [0.05, 0.1) is 35.2 Å². The number of carbonyl (C=O) groups is 4. The second kappa shape index (κ2) is 23.0. The normalized spacial score (nSPS) is 14.7. The molecule has 0 bridgehead atoms. The van der Waals surface area contributed by atoms with E-state index in [0.29, 0.717) is 19.6 Å². The van der Waals surface area contributed by atoms with Crippen molar-refractivity contribution in [3.63, 3.8) is 0 Å². The van der Waals surface area contributed by atoms with Gasteiger partial charge < -0.3 is 20.3 Å². The molecule has 0 radical (unpaired) electrons. The lowest BCUT2D eigenvalue weighted by Crippen LogP contribution is -2.54. The molecule has 1 aliphatic heterocycles. The Bertz CT molecular complexity index is 3020. The van der Waals surface area contributed by atoms with Crippen molar-refractivity contribution < 1.29 is 19.2 Å². The molecule has 1 saturated heterocycles. The summed E-state index contributed by atoms with van der Waals surface area (Å²) in [5.74, 6) is -0.539. The Kier molecular flexibility index (Phi) is 15.8. The Labute approximate surface area is 423 Å². The lowest BCUT2D eigenvalue weighted by molar-refractivity contribution is -0.137. The molecule has 71 heavy (non-hydrogen) atoms. The minimum Gasteiger partial charge on any atom is -0.340 e. The Morgan fingerprint density at radius 1 is 0.690 bits per heavy atom. The standard InChI is InChI=1S/C59H56N6O4S2/c1-2-33-64(40-59(41-66,49-22-13-6-14-23-49)63-54(68)36-43-18-9-4-10-19-43)39-55-60-37-51(70-55)46-29-25-44(26-30-46)45-27-31-47(32-28-45)52-38-61-57(71-52)50-24-15-34-65(50)58(69)56(48-20-11-5-12-21-48)62-53(67)35-42-16-7-3-8-17-42/h3-14,16-23,25-32,37-38,41,50,56H,2,15,24,33-36,39-40H2,1H3,(H,62,67)(H,63,68). The first-order valence-electron chi connectivity index (χ1n) is 24.2. The smallest absolute Gasteiger partial charge is 0.250 e. The molecule has 3 atom stereocenters. The molecule has 0 saturated carbocycles. The first-order chi connectivity index (χ1) is 34.8. The van der Waals surface area contributed by atoms with Gasteiger partial charge in [-0.3, -0.25) is 19.3 Å². The van der Waals surface area contributed by atoms with Crippen molar-refractivity contribution >= 4 is 46.7 Å². The zero-order valence-electron chi connectivity index (χ0n) is 39.7. The molecule has 3 unspecified atom stereocenters. The fraction of sp³-hybridized carbons (Fsp3) is 0.220. The van der Waals surface area contributed by atoms with E-state index in [1.807, 2.05) is 139 Å². The van der Waals surface area contributed by atoms with Crippen LogP contribution in [0, 0.1) is 0 Å². The van der Waals surface area contributed by atoms with Crippen molar-refractivity contribution in [2.45, 2.75) is 63.2 Å². The maximum Gasteiger partial charge on any atom is 0.250 e. The Morgan fingerprint density at radius 2 is 1.23 bits per heavy atom. The van der Waals surface area contributed by atoms with Crippen LogP contribution in [0.4, 0.5) is 0 Å². The summed E-state index contributed by atoms with van der Waals surface area (Å²) in [6, 6.07) is 54.1. The molecule has 0 aliphatic carbocycles. The van der Waals surface area contributed by atoms with E-state index < -0.39 is 11.6 Å². The number of hydrogen-bond acceptors (Lipinski definition) is 9. The van der Waals surface area contributed by atoms with Gasteiger partial charge >= 0.3 is 0 Å². The zero-order valence-corrected chi connectivity index (χ0v) is 41.3. The molecule has 0 spiro atoms. The summed E-state index contributed by atoms with van der Waals surface area (Å²) < 4.78 is 0. The van der Waals surface area contributed by atoms with Crippen molar-refractivity contribution in [1.29, 1.82) is 0 Å². The number of hydrogen-bond donors (Lipinski definition) is 2. The van der Waals surface area contributed by atoms with Crippen molar-refractivity contribution in [2.75, 3.05) is 19.6 Å². The first-order valence-corrected chi connectivity index (χ1v) is 25.8. The predicted octanol–water partition coefficient (Wildman–Crippen LogP) is 11.0. The minimum absolute atomic E-state index is 0.124. The van der Waals surface area contributed by atoms with E-state index in [2.05, 4.69) is 71.0 Å². The number of benzene rings is 6. The number of aromatic nitrogens is 2. The second-order valence-electron chi connectivity index (χ2n) is 18.0. The molecule has 3 heterocycles. The maximum absolute atomic E-state index is 14.4. The third-order valence-corrected chi connectivity index (χ3v) is 15.1. The summed E-state index contributed by atoms with van der Waals surface area (Å²) in [6.07, 6.45) is 7.59. The molecule has 6 aromatic carbocycles. The van der Waals surface area contributed by atoms with Gasteiger partial charge in [0.1, 0.15) is 21.6 Å². The highest BCUT2D eigenvalue weighted by Crippen LogP contribution is 2.39. The van der Waals surface area contributed by atoms with Crippen molar-refractivity contribution in [3.05, 3.63) is 215 Å². The van der Waals surface area contributed by atoms with Crippen LogP contribution < -0.4 is 10.6 Å². The highest BCUT2D eigenvalue weighted by molar-refractivity contribution is 7.15. The first kappa shape index (κ1) is 48.6. The molecule has 358 valence electrons. The molecule has 10 nitrogen and oxygen atoms in total. The van der Waals surface area contributed by atoms with Crippen molar-refractivity contribution in [2.24, 2.45) is 0 Å². The fourth-order valence-electron chi connectivity index (χ4n) is 9.35. The lowest BCUT2D eigenvalue weighted by atomic mass is 9.90. The SMILES string of the molecule is CCCN(Cc1ncc(-c2ccc(-c3ccc(-c4cnc(C5CCCN5C(=O)C(NC(=O)Cc5ccccc5)c5ccccc5)s4)cc3)cc2)s1)CC(C=O)(NC(=O)Cc1ccccc1)c1ccccc1. The number of likely N-dealkylation sites (tertiary alicyclic amines) is 1. The van der Waals surface area contributed by atoms with Crippen LogP contribution >= 0.6 is 22.7 Å². The van der Waals surface area contributed by atoms with Gasteiger partial charge in [0.2, 0.25) is 17.7 Å². The van der Waals surface area contributed by atoms with Crippen LogP contribution in [0.25, 0.3) is 32.0 Å². The number of thiazole rings is 2. The van der Waals surface area contributed by atoms with Gasteiger partial charge in [0.15, 0.2) is 6.29 Å². The molecular formula is C59H56N6O4S2. The Hall–Kier alpha value is -7.38. The average molecular weight is 977 g/mol. The van der Waals surface area contributed by atoms with Gasteiger partial charge in [0.25, 0.3) is 0 Å². The molecule has 12 heteroatoms. The molecular weight excluding hydrogens is 921 g/mol. The Balaban J connectivity index is 0.843. The van der Waals surface area contributed by atoms with Crippen LogP contribution in [0.15, 0.2) is 182 Å². The average Bonchev–Trinajstić information content (AvgIpc) is 4.22. The van der Waals surface area contributed by atoms with E-state index in [1.54, 1.807) is 22.7 Å². The van der Waals surface area contributed by atoms with Crippen LogP contribution in [-0.2, 0) is 44.1 Å². The number of nitrogens with zero attached hydrogens (tertiary/aromatic N) is 4. The van der Waals surface area contributed by atoms with Crippen LogP contribution in [0.5, 0.6) is 0 Å². The van der Waals surface area contributed by atoms with Gasteiger partial charge in [-0.2, -0.15) is 0 Å². The van der Waals surface area contributed by atoms with Crippen molar-refractivity contribution in [1.82, 2.24) is 30.4 Å². The number of nitrogens with one attached hydrogen (secondary N) is 2. The van der Waals surface area contributed by atoms with Crippen LogP contribution in [0.3, 0.4) is 0 Å². The van der Waals surface area contributed by atoms with Crippen molar-refractivity contribution in [3.8, 4) is 32.0 Å². The molecule has 3 amide bonds. The van der Waals surface area contributed by atoms with E-state index >= 15 is 0 Å². The number of amides is 3. The molecule has 2 aromatic heterocycles. The van der Waals surface area contributed by atoms with Gasteiger partial charge in [-0.05, 0) is 70.3 Å². The van der Waals surface area contributed by atoms with E-state index in [-0.39, 0.29) is 36.6 Å². The monoisotopic (exact) mass is 976 g/mol. The van der Waals surface area contributed by atoms with Crippen LogP contribution in [-0.4, -0.2) is 63.4 Å². The fourth-order valence-corrected chi connectivity index (χ4v) is 11.4. The van der Waals surface area contributed by atoms with E-state index in [1.165, 1.54) is 0 Å². The largest absolute Gasteiger partial charge is 0.340 e.